The van der Waals surface area contributed by atoms with Gasteiger partial charge >= 0.3 is 13.3 Å². The minimum absolute atomic E-state index is 0.0161. The number of likely N-dealkylation sites (tertiary alicyclic amines) is 1. The van der Waals surface area contributed by atoms with E-state index in [0.29, 0.717) is 53.7 Å². The number of benzene rings is 3. The molecule has 2 saturated heterocycles. The van der Waals surface area contributed by atoms with E-state index in [4.69, 9.17) is 0 Å². The molecule has 2 aromatic heterocycles. The van der Waals surface area contributed by atoms with Crippen molar-refractivity contribution in [2.45, 2.75) is 96.1 Å². The lowest BCUT2D eigenvalue weighted by Crippen LogP contribution is -2.58. The molecule has 0 bridgehead atoms. The third-order valence-electron chi connectivity index (χ3n) is 13.4. The Kier molecular flexibility index (Phi) is 15.7. The number of anilines is 1. The number of carbonyl (C=O) groups excluding carboxylic acids is 7. The van der Waals surface area contributed by atoms with E-state index < -0.39 is 66.0 Å². The van der Waals surface area contributed by atoms with Crippen LogP contribution in [0.5, 0.6) is 0 Å². The molecule has 0 saturated carbocycles. The predicted molar refractivity (Wildman–Crippen MR) is 274 cm³/mol. The van der Waals surface area contributed by atoms with Gasteiger partial charge in [-0.1, -0.05) is 44.7 Å². The summed E-state index contributed by atoms with van der Waals surface area (Å²) in [5, 5.41) is 7.91. The van der Waals surface area contributed by atoms with E-state index in [2.05, 4.69) is 27.5 Å². The number of amides is 7. The lowest BCUT2D eigenvalue weighted by molar-refractivity contribution is -0.141. The number of nitrogens with zero attached hydrogens (tertiary/aromatic N) is 5. The number of hydrogen-bond acceptors (Lipinski definition) is 11. The van der Waals surface area contributed by atoms with Gasteiger partial charge in [0.25, 0.3) is 11.8 Å². The van der Waals surface area contributed by atoms with Crippen LogP contribution >= 0.6 is 30.3 Å². The lowest BCUT2D eigenvalue weighted by Gasteiger charge is -2.36. The van der Waals surface area contributed by atoms with E-state index in [1.54, 1.807) is 63.2 Å². The number of thiophene rings is 1. The Morgan fingerprint density at radius 3 is 2.46 bits per heavy atom. The summed E-state index contributed by atoms with van der Waals surface area (Å²) in [6.07, 6.45) is 3.80. The maximum Gasteiger partial charge on any atom is 0.399 e. The SMILES string of the molecule is CN(CCCC#Cc1cccc2c1CN(C1CCC(=O)NC1=O)C2=O)C(=O)CCN(C(=O)[C@@H]1CCCN1C(=O)[C@@H](NC(=O)c1cc2cc(C(F)(F)P(=O)(O)O)ccc2s1)C(C)(C)C)c1ccc(-c2nccs2)cc1. The fourth-order valence-corrected chi connectivity index (χ4v) is 11.4. The number of carbonyl (C=O) groups is 7. The molecular weight excluding hydrogens is 1020 g/mol. The summed E-state index contributed by atoms with van der Waals surface area (Å²) in [6, 6.07) is 14.0. The average Bonchev–Trinajstić information content (AvgIpc) is 4.20. The molecule has 2 fully saturated rings. The van der Waals surface area contributed by atoms with Crippen molar-refractivity contribution in [2.75, 3.05) is 31.6 Å². The van der Waals surface area contributed by atoms with E-state index in [-0.39, 0.29) is 66.9 Å². The van der Waals surface area contributed by atoms with Crippen molar-refractivity contribution in [3.63, 3.8) is 0 Å². The summed E-state index contributed by atoms with van der Waals surface area (Å²) >= 11 is 2.41. The molecule has 8 rings (SSSR count). The first-order valence-corrected chi connectivity index (χ1v) is 27.2. The van der Waals surface area contributed by atoms with Gasteiger partial charge in [-0.2, -0.15) is 8.78 Å². The van der Waals surface area contributed by atoms with Crippen LogP contribution in [0.1, 0.15) is 102 Å². The number of unbranched alkanes of at least 4 members (excludes halogenated alkanes) is 1. The Morgan fingerprint density at radius 1 is 1.01 bits per heavy atom. The Hall–Kier alpha value is -6.69. The average molecular weight is 1070 g/mol. The van der Waals surface area contributed by atoms with Crippen molar-refractivity contribution < 1.29 is 56.7 Å². The summed E-state index contributed by atoms with van der Waals surface area (Å²) in [7, 11) is -4.17. The van der Waals surface area contributed by atoms with Gasteiger partial charge in [-0.15, -0.1) is 22.7 Å². The molecule has 3 aromatic carbocycles. The molecule has 17 nitrogen and oxygen atoms in total. The Balaban J connectivity index is 0.929. The van der Waals surface area contributed by atoms with Crippen molar-refractivity contribution in [1.82, 2.24) is 30.3 Å². The molecule has 3 aliphatic heterocycles. The number of imide groups is 1. The summed E-state index contributed by atoms with van der Waals surface area (Å²) in [4.78, 5) is 124. The number of alkyl halides is 2. The van der Waals surface area contributed by atoms with Gasteiger partial charge < -0.3 is 34.7 Å². The molecule has 5 heterocycles. The normalized spacial score (nSPS) is 17.4. The quantitative estimate of drug-likeness (QED) is 0.0367. The molecule has 22 heteroatoms. The van der Waals surface area contributed by atoms with E-state index in [0.717, 1.165) is 39.6 Å². The molecule has 3 aliphatic rings. The molecule has 388 valence electrons. The van der Waals surface area contributed by atoms with Crippen LogP contribution in [0.2, 0.25) is 0 Å². The number of aromatic nitrogens is 1. The largest absolute Gasteiger partial charge is 0.399 e. The van der Waals surface area contributed by atoms with Crippen molar-refractivity contribution in [1.29, 1.82) is 0 Å². The van der Waals surface area contributed by atoms with Gasteiger partial charge in [0.15, 0.2) is 0 Å². The van der Waals surface area contributed by atoms with Crippen molar-refractivity contribution in [3.8, 4) is 22.4 Å². The second-order valence-corrected chi connectivity index (χ2v) is 23.1. The van der Waals surface area contributed by atoms with Crippen LogP contribution in [-0.4, -0.2) is 116 Å². The van der Waals surface area contributed by atoms with Crippen LogP contribution in [-0.2, 0) is 40.7 Å². The molecular formula is C52H54F2N7O10PS2. The Bertz CT molecular complexity index is 3140. The van der Waals surface area contributed by atoms with Gasteiger partial charge in [-0.3, -0.25) is 43.4 Å². The number of fused-ring (bicyclic) bond motifs is 2. The summed E-state index contributed by atoms with van der Waals surface area (Å²) in [6.45, 7) is 6.03. The van der Waals surface area contributed by atoms with Crippen LogP contribution in [0, 0.1) is 17.3 Å². The lowest BCUT2D eigenvalue weighted by atomic mass is 9.85. The van der Waals surface area contributed by atoms with Gasteiger partial charge in [0.1, 0.15) is 23.1 Å². The third-order valence-corrected chi connectivity index (χ3v) is 16.3. The van der Waals surface area contributed by atoms with Gasteiger partial charge in [0.05, 0.1) is 4.88 Å². The fraction of sp³-hybridized carbons (Fsp3) is 0.385. The smallest absolute Gasteiger partial charge is 0.346 e. The topological polar surface area (TPSA) is 227 Å². The zero-order valence-electron chi connectivity index (χ0n) is 40.9. The maximum absolute atomic E-state index is 14.8. The van der Waals surface area contributed by atoms with Gasteiger partial charge in [-0.25, -0.2) is 4.98 Å². The van der Waals surface area contributed by atoms with Gasteiger partial charge in [-0.05, 0) is 96.6 Å². The van der Waals surface area contributed by atoms with E-state index in [9.17, 15) is 56.7 Å². The van der Waals surface area contributed by atoms with Crippen molar-refractivity contribution >= 4 is 87.4 Å². The standard InChI is InChI=1S/C52H54F2N7O10PS2/c1-51(2,3)44(57-46(65)41-29-33-28-34(16-20-40(33)74-41)52(53,54)72(69,70)71)50(68)60-25-9-13-39(60)49(67)59(35-17-14-32(15-18-35)47-55-23-27-73-47)26-22-43(63)58(4)24-7-5-6-10-31-11-8-12-36-37(31)30-61(48(36)66)38-19-21-42(62)56-45(38)64/h8,11-12,14-18,20,23,27-29,38-39,44H,5,7,9,13,19,21-22,24-26,30H2,1-4H3,(H,57,65)(H,56,62,64)(H2,69,70,71)/t38?,39-,44+/m0/s1. The van der Waals surface area contributed by atoms with E-state index in [1.165, 1.54) is 38.2 Å². The molecule has 5 aromatic rings. The molecule has 0 aliphatic carbocycles. The Labute approximate surface area is 433 Å². The molecule has 4 N–H and O–H groups in total. The molecule has 74 heavy (non-hydrogen) atoms. The first-order chi connectivity index (χ1) is 35.0. The van der Waals surface area contributed by atoms with E-state index in [1.807, 2.05) is 23.6 Å². The highest BCUT2D eigenvalue weighted by molar-refractivity contribution is 7.52. The highest BCUT2D eigenvalue weighted by atomic mass is 32.1. The molecule has 0 radical (unpaired) electrons. The van der Waals surface area contributed by atoms with Crippen LogP contribution < -0.4 is 15.5 Å². The van der Waals surface area contributed by atoms with Crippen LogP contribution in [0.25, 0.3) is 20.7 Å². The van der Waals surface area contributed by atoms with E-state index >= 15 is 0 Å². The molecule has 7 amide bonds. The predicted octanol–water partition coefficient (Wildman–Crippen LogP) is 6.86. The van der Waals surface area contributed by atoms with Gasteiger partial charge in [0, 0.05) is 96.7 Å². The maximum atomic E-state index is 14.8. The number of halogens is 2. The van der Waals surface area contributed by atoms with Crippen LogP contribution in [0.15, 0.2) is 78.3 Å². The minimum Gasteiger partial charge on any atom is -0.346 e. The number of nitrogens with one attached hydrogen (secondary N) is 2. The summed E-state index contributed by atoms with van der Waals surface area (Å²) in [5.74, 6) is 3.33. The molecule has 3 atom stereocenters. The first kappa shape index (κ1) is 53.6. The number of piperidine rings is 1. The molecule has 1 unspecified atom stereocenters. The highest BCUT2D eigenvalue weighted by Crippen LogP contribution is 2.59. The zero-order chi connectivity index (χ0) is 53.3. The number of hydrogen-bond donors (Lipinski definition) is 4. The van der Waals surface area contributed by atoms with Crippen molar-refractivity contribution in [3.05, 3.63) is 105 Å². The monoisotopic (exact) mass is 1070 g/mol. The fourth-order valence-electron chi connectivity index (χ4n) is 9.30. The first-order valence-electron chi connectivity index (χ1n) is 23.9. The second-order valence-electron chi connectivity index (χ2n) is 19.5. The van der Waals surface area contributed by atoms with Gasteiger partial charge in [0.2, 0.25) is 29.5 Å². The third kappa shape index (κ3) is 11.3. The highest BCUT2D eigenvalue weighted by Gasteiger charge is 2.50. The second kappa shape index (κ2) is 21.6. The number of rotatable bonds is 15. The minimum atomic E-state index is -5.84. The van der Waals surface area contributed by atoms with Crippen LogP contribution in [0.3, 0.4) is 0 Å². The number of thiazole rings is 1. The zero-order valence-corrected chi connectivity index (χ0v) is 43.5. The summed E-state index contributed by atoms with van der Waals surface area (Å²) < 4.78 is 41.0. The van der Waals surface area contributed by atoms with Crippen molar-refractivity contribution in [2.24, 2.45) is 5.41 Å². The Morgan fingerprint density at radius 2 is 1.77 bits per heavy atom. The summed E-state index contributed by atoms with van der Waals surface area (Å²) in [5.41, 5.74) is -3.07. The van der Waals surface area contributed by atoms with Crippen LogP contribution in [0.4, 0.5) is 14.5 Å². The molecule has 0 spiro atoms.